The summed E-state index contributed by atoms with van der Waals surface area (Å²) in [5, 5.41) is -0.333. The minimum Gasteiger partial charge on any atom is -0.466 e. The quantitative estimate of drug-likeness (QED) is 0.614. The van der Waals surface area contributed by atoms with Gasteiger partial charge in [-0.15, -0.1) is 11.6 Å². The second kappa shape index (κ2) is 5.57. The molecule has 1 aromatic rings. The number of halogens is 1. The number of allylic oxidation sites excluding steroid dienone is 1. The van der Waals surface area contributed by atoms with Crippen LogP contribution in [0.3, 0.4) is 0 Å². The predicted octanol–water partition coefficient (Wildman–Crippen LogP) is 3.30. The number of carbonyl (C=O) groups excluding carboxylic acids is 1. The van der Waals surface area contributed by atoms with E-state index in [4.69, 9.17) is 16.3 Å². The van der Waals surface area contributed by atoms with Crippen LogP contribution in [0.5, 0.6) is 0 Å². The van der Waals surface area contributed by atoms with Gasteiger partial charge in [-0.2, -0.15) is 0 Å². The monoisotopic (exact) mass is 277 g/mol. The fourth-order valence-electron chi connectivity index (χ4n) is 2.38. The Labute approximate surface area is 117 Å². The lowest BCUT2D eigenvalue weighted by atomic mass is 9.83. The lowest BCUT2D eigenvalue weighted by Crippen LogP contribution is -2.30. The Kier molecular flexibility index (Phi) is 4.05. The standard InChI is InChI=1S/C15H16ClNO2/c1-9-12(15(18)19-3)13(14(16)10(2)17-9)11-7-5-4-6-8-11/h4-8,13-14H,1-3H3. The van der Waals surface area contributed by atoms with Gasteiger partial charge in [0.25, 0.3) is 0 Å². The second-order valence-electron chi connectivity index (χ2n) is 4.53. The number of nitrogens with zero attached hydrogens (tertiary/aromatic N) is 1. The summed E-state index contributed by atoms with van der Waals surface area (Å²) in [4.78, 5) is 16.4. The zero-order valence-electron chi connectivity index (χ0n) is 11.2. The zero-order valence-corrected chi connectivity index (χ0v) is 11.9. The molecule has 1 aliphatic heterocycles. The smallest absolute Gasteiger partial charge is 0.336 e. The minimum absolute atomic E-state index is 0.215. The summed E-state index contributed by atoms with van der Waals surface area (Å²) in [5.74, 6) is -0.582. The van der Waals surface area contributed by atoms with E-state index in [2.05, 4.69) is 4.99 Å². The van der Waals surface area contributed by atoms with Crippen molar-refractivity contribution in [3.05, 3.63) is 47.2 Å². The van der Waals surface area contributed by atoms with Crippen molar-refractivity contribution in [3.8, 4) is 0 Å². The van der Waals surface area contributed by atoms with E-state index in [1.54, 1.807) is 0 Å². The summed E-state index contributed by atoms with van der Waals surface area (Å²) < 4.78 is 4.87. The van der Waals surface area contributed by atoms with E-state index in [1.807, 2.05) is 44.2 Å². The first-order valence-electron chi connectivity index (χ1n) is 6.09. The maximum atomic E-state index is 12.0. The van der Waals surface area contributed by atoms with Crippen molar-refractivity contribution in [2.75, 3.05) is 7.11 Å². The van der Waals surface area contributed by atoms with Crippen molar-refractivity contribution in [1.29, 1.82) is 0 Å². The van der Waals surface area contributed by atoms with Crippen LogP contribution in [0.2, 0.25) is 0 Å². The number of carbonyl (C=O) groups is 1. The van der Waals surface area contributed by atoms with Crippen LogP contribution in [0, 0.1) is 0 Å². The minimum atomic E-state index is -0.367. The molecule has 0 aliphatic carbocycles. The number of esters is 1. The summed E-state index contributed by atoms with van der Waals surface area (Å²) in [6, 6.07) is 9.74. The summed E-state index contributed by atoms with van der Waals surface area (Å²) in [6.07, 6.45) is 0. The summed E-state index contributed by atoms with van der Waals surface area (Å²) in [5.41, 5.74) is 3.03. The third-order valence-electron chi connectivity index (χ3n) is 3.30. The third kappa shape index (κ3) is 2.56. The molecule has 2 atom stereocenters. The Morgan fingerprint density at radius 1 is 1.26 bits per heavy atom. The molecule has 0 aromatic heterocycles. The molecule has 1 aromatic carbocycles. The molecule has 4 heteroatoms. The summed E-state index contributed by atoms with van der Waals surface area (Å²) in [6.45, 7) is 3.69. The highest BCUT2D eigenvalue weighted by molar-refractivity contribution is 6.33. The second-order valence-corrected chi connectivity index (χ2v) is 5.00. The lowest BCUT2D eigenvalue weighted by Gasteiger charge is -2.28. The van der Waals surface area contributed by atoms with Gasteiger partial charge in [0.05, 0.1) is 18.1 Å². The number of aliphatic imine (C=N–C) groups is 1. The highest BCUT2D eigenvalue weighted by Gasteiger charge is 2.36. The van der Waals surface area contributed by atoms with E-state index in [0.717, 1.165) is 11.3 Å². The maximum Gasteiger partial charge on any atom is 0.336 e. The molecule has 1 heterocycles. The average molecular weight is 278 g/mol. The van der Waals surface area contributed by atoms with Crippen molar-refractivity contribution in [2.45, 2.75) is 25.1 Å². The van der Waals surface area contributed by atoms with Crippen molar-refractivity contribution in [2.24, 2.45) is 4.99 Å². The van der Waals surface area contributed by atoms with Crippen LogP contribution in [0.15, 0.2) is 46.6 Å². The van der Waals surface area contributed by atoms with Gasteiger partial charge in [-0.05, 0) is 19.4 Å². The van der Waals surface area contributed by atoms with Gasteiger partial charge in [0, 0.05) is 17.3 Å². The van der Waals surface area contributed by atoms with Crippen LogP contribution in [-0.4, -0.2) is 24.2 Å². The maximum absolute atomic E-state index is 12.0. The van der Waals surface area contributed by atoms with Gasteiger partial charge >= 0.3 is 5.97 Å². The Bertz CT molecular complexity index is 549. The van der Waals surface area contributed by atoms with E-state index in [0.29, 0.717) is 11.3 Å². The molecule has 0 fully saturated rings. The zero-order chi connectivity index (χ0) is 14.0. The van der Waals surface area contributed by atoms with Crippen LogP contribution in [0.1, 0.15) is 25.3 Å². The molecule has 0 spiro atoms. The van der Waals surface area contributed by atoms with Gasteiger partial charge in [0.15, 0.2) is 0 Å². The molecule has 0 amide bonds. The van der Waals surface area contributed by atoms with E-state index < -0.39 is 0 Å². The first-order chi connectivity index (χ1) is 9.06. The van der Waals surface area contributed by atoms with E-state index in [9.17, 15) is 4.79 Å². The molecule has 0 radical (unpaired) electrons. The molecule has 100 valence electrons. The average Bonchev–Trinajstić information content (AvgIpc) is 2.42. The largest absolute Gasteiger partial charge is 0.466 e. The van der Waals surface area contributed by atoms with Crippen LogP contribution in [0.4, 0.5) is 0 Å². The Balaban J connectivity index is 2.56. The highest BCUT2D eigenvalue weighted by atomic mass is 35.5. The molecule has 0 bridgehead atoms. The first kappa shape index (κ1) is 13.8. The van der Waals surface area contributed by atoms with E-state index >= 15 is 0 Å². The molecule has 2 unspecified atom stereocenters. The van der Waals surface area contributed by atoms with Crippen molar-refractivity contribution < 1.29 is 9.53 Å². The SMILES string of the molecule is COC(=O)C1=C(C)N=C(C)C(Cl)C1c1ccccc1. The van der Waals surface area contributed by atoms with Gasteiger partial charge in [-0.3, -0.25) is 4.99 Å². The Hall–Kier alpha value is -1.61. The predicted molar refractivity (Wildman–Crippen MR) is 76.6 cm³/mol. The van der Waals surface area contributed by atoms with Gasteiger partial charge in [0.2, 0.25) is 0 Å². The molecule has 0 saturated heterocycles. The first-order valence-corrected chi connectivity index (χ1v) is 6.53. The van der Waals surface area contributed by atoms with Crippen molar-refractivity contribution >= 4 is 23.3 Å². The molecule has 1 aliphatic rings. The molecule has 0 N–H and O–H groups in total. The normalized spacial score (nSPS) is 23.1. The number of hydrogen-bond donors (Lipinski definition) is 0. The van der Waals surface area contributed by atoms with Crippen LogP contribution < -0.4 is 0 Å². The van der Waals surface area contributed by atoms with E-state index in [-0.39, 0.29) is 17.3 Å². The molecule has 3 nitrogen and oxygen atoms in total. The number of hydrogen-bond acceptors (Lipinski definition) is 3. The van der Waals surface area contributed by atoms with Gasteiger partial charge in [0.1, 0.15) is 0 Å². The lowest BCUT2D eigenvalue weighted by molar-refractivity contribution is -0.136. The topological polar surface area (TPSA) is 38.7 Å². The van der Waals surface area contributed by atoms with Crippen molar-refractivity contribution in [1.82, 2.24) is 0 Å². The number of ether oxygens (including phenoxy) is 1. The summed E-state index contributed by atoms with van der Waals surface area (Å²) in [7, 11) is 1.37. The summed E-state index contributed by atoms with van der Waals surface area (Å²) >= 11 is 6.46. The number of alkyl halides is 1. The van der Waals surface area contributed by atoms with Gasteiger partial charge in [-0.1, -0.05) is 30.3 Å². The van der Waals surface area contributed by atoms with Crippen molar-refractivity contribution in [3.63, 3.8) is 0 Å². The van der Waals surface area contributed by atoms with E-state index in [1.165, 1.54) is 7.11 Å². The molecule has 0 saturated carbocycles. The molecule has 2 rings (SSSR count). The third-order valence-corrected chi connectivity index (χ3v) is 3.87. The fourth-order valence-corrected chi connectivity index (χ4v) is 2.70. The molecular formula is C15H16ClNO2. The van der Waals surface area contributed by atoms with Gasteiger partial charge < -0.3 is 4.74 Å². The highest BCUT2D eigenvalue weighted by Crippen LogP contribution is 2.37. The molecular weight excluding hydrogens is 262 g/mol. The number of benzene rings is 1. The van der Waals surface area contributed by atoms with Crippen LogP contribution >= 0.6 is 11.6 Å². The molecule has 19 heavy (non-hydrogen) atoms. The number of methoxy groups -OCH3 is 1. The number of rotatable bonds is 2. The fraction of sp³-hybridized carbons (Fsp3) is 0.333. The van der Waals surface area contributed by atoms with Crippen LogP contribution in [-0.2, 0) is 9.53 Å². The van der Waals surface area contributed by atoms with Crippen LogP contribution in [0.25, 0.3) is 0 Å². The van der Waals surface area contributed by atoms with Gasteiger partial charge in [-0.25, -0.2) is 4.79 Å². The Morgan fingerprint density at radius 2 is 1.89 bits per heavy atom. The Morgan fingerprint density at radius 3 is 2.47 bits per heavy atom.